The van der Waals surface area contributed by atoms with Crippen molar-refractivity contribution in [1.82, 2.24) is 0 Å². The molecule has 2 nitrogen and oxygen atoms in total. The number of ketones is 1. The number of Topliss-reactive ketones (excluding diaryl/α,β-unsaturated/α-hetero) is 1. The molecule has 0 bridgehead atoms. The van der Waals surface area contributed by atoms with E-state index in [1.807, 2.05) is 0 Å². The van der Waals surface area contributed by atoms with Gasteiger partial charge in [-0.15, -0.1) is 0 Å². The van der Waals surface area contributed by atoms with E-state index in [2.05, 4.69) is 15.9 Å². The Morgan fingerprint density at radius 2 is 1.90 bits per heavy atom. The molecule has 0 N–H and O–H groups in total. The van der Waals surface area contributed by atoms with Crippen LogP contribution in [-0.2, 0) is 0 Å². The van der Waals surface area contributed by atoms with Gasteiger partial charge < -0.3 is 0 Å². The number of halogens is 3. The van der Waals surface area contributed by atoms with E-state index in [1.54, 1.807) is 6.07 Å². The molecule has 5 heteroatoms. The zero-order chi connectivity index (χ0) is 14.7. The third-order valence-electron chi connectivity index (χ3n) is 2.75. The van der Waals surface area contributed by atoms with E-state index in [4.69, 9.17) is 5.26 Å². The van der Waals surface area contributed by atoms with Crippen molar-refractivity contribution < 1.29 is 13.6 Å². The second kappa shape index (κ2) is 5.93. The highest BCUT2D eigenvalue weighted by Crippen LogP contribution is 2.25. The van der Waals surface area contributed by atoms with Crippen LogP contribution in [0, 0.1) is 23.0 Å². The largest absolute Gasteiger partial charge is 0.292 e. The van der Waals surface area contributed by atoms with Crippen molar-refractivity contribution in [3.05, 3.63) is 69.7 Å². The molecule has 2 rings (SSSR count). The molecule has 1 atom stereocenters. The Morgan fingerprint density at radius 1 is 1.20 bits per heavy atom. The predicted octanol–water partition coefficient (Wildman–Crippen LogP) is 4.22. The van der Waals surface area contributed by atoms with Crippen LogP contribution >= 0.6 is 15.9 Å². The molecule has 2 aromatic rings. The summed E-state index contributed by atoms with van der Waals surface area (Å²) in [7, 11) is 0. The summed E-state index contributed by atoms with van der Waals surface area (Å²) in [5.41, 5.74) is 0.00654. The van der Waals surface area contributed by atoms with Gasteiger partial charge in [-0.25, -0.2) is 8.78 Å². The number of hydrogen-bond acceptors (Lipinski definition) is 2. The third-order valence-corrected chi connectivity index (χ3v) is 3.21. The maximum atomic E-state index is 13.7. The quantitative estimate of drug-likeness (QED) is 0.788. The van der Waals surface area contributed by atoms with Crippen LogP contribution in [0.25, 0.3) is 0 Å². The molecule has 0 amide bonds. The molecule has 0 aliphatic carbocycles. The summed E-state index contributed by atoms with van der Waals surface area (Å²) in [6.45, 7) is 0. The summed E-state index contributed by atoms with van der Waals surface area (Å²) in [6, 6.07) is 10.9. The highest BCUT2D eigenvalue weighted by atomic mass is 79.9. The maximum Gasteiger partial charge on any atom is 0.184 e. The molecular weight excluding hydrogens is 328 g/mol. The number of carbonyl (C=O) groups excluding carboxylic acids is 1. The fraction of sp³-hybridized carbons (Fsp3) is 0.0667. The van der Waals surface area contributed by atoms with Crippen LogP contribution in [-0.4, -0.2) is 5.78 Å². The first kappa shape index (κ1) is 14.4. The first-order chi connectivity index (χ1) is 9.52. The average Bonchev–Trinajstić information content (AvgIpc) is 2.40. The van der Waals surface area contributed by atoms with Gasteiger partial charge in [0.05, 0.1) is 6.07 Å². The molecular formula is C15H8BrF2NO. The lowest BCUT2D eigenvalue weighted by molar-refractivity contribution is 0.0977. The molecule has 0 saturated carbocycles. The molecule has 100 valence electrons. The van der Waals surface area contributed by atoms with Gasteiger partial charge in [0.25, 0.3) is 0 Å². The lowest BCUT2D eigenvalue weighted by Crippen LogP contribution is -2.13. The van der Waals surface area contributed by atoms with Gasteiger partial charge in [0.1, 0.15) is 17.6 Å². The zero-order valence-corrected chi connectivity index (χ0v) is 11.7. The minimum absolute atomic E-state index is 0.0135. The highest BCUT2D eigenvalue weighted by Gasteiger charge is 2.25. The Kier molecular flexibility index (Phi) is 4.26. The van der Waals surface area contributed by atoms with Crippen LogP contribution in [0.5, 0.6) is 0 Å². The second-order valence-corrected chi connectivity index (χ2v) is 5.02. The van der Waals surface area contributed by atoms with E-state index in [0.29, 0.717) is 4.47 Å². The van der Waals surface area contributed by atoms with Crippen molar-refractivity contribution in [2.24, 2.45) is 0 Å². The Morgan fingerprint density at radius 3 is 2.50 bits per heavy atom. The van der Waals surface area contributed by atoms with Crippen LogP contribution in [0.2, 0.25) is 0 Å². The predicted molar refractivity (Wildman–Crippen MR) is 73.2 cm³/mol. The lowest BCUT2D eigenvalue weighted by atomic mass is 9.91. The van der Waals surface area contributed by atoms with Gasteiger partial charge in [-0.3, -0.25) is 4.79 Å². The fourth-order valence-corrected chi connectivity index (χ4v) is 2.31. The first-order valence-corrected chi connectivity index (χ1v) is 6.46. The van der Waals surface area contributed by atoms with Gasteiger partial charge in [0, 0.05) is 15.6 Å². The van der Waals surface area contributed by atoms with Crippen molar-refractivity contribution in [3.8, 4) is 6.07 Å². The van der Waals surface area contributed by atoms with Crippen LogP contribution in [0.1, 0.15) is 21.8 Å². The van der Waals surface area contributed by atoms with E-state index in [-0.39, 0.29) is 11.1 Å². The smallest absolute Gasteiger partial charge is 0.184 e. The van der Waals surface area contributed by atoms with E-state index in [0.717, 1.165) is 6.07 Å². The molecule has 0 aliphatic rings. The van der Waals surface area contributed by atoms with Crippen molar-refractivity contribution in [2.45, 2.75) is 5.92 Å². The summed E-state index contributed by atoms with van der Waals surface area (Å²) in [6.07, 6.45) is 0. The zero-order valence-electron chi connectivity index (χ0n) is 10.1. The molecule has 1 unspecified atom stereocenters. The minimum Gasteiger partial charge on any atom is -0.292 e. The van der Waals surface area contributed by atoms with Crippen LogP contribution in [0.4, 0.5) is 8.78 Å². The molecule has 0 fully saturated rings. The van der Waals surface area contributed by atoms with Crippen molar-refractivity contribution >= 4 is 21.7 Å². The number of carbonyl (C=O) groups is 1. The van der Waals surface area contributed by atoms with Crippen molar-refractivity contribution in [2.75, 3.05) is 0 Å². The van der Waals surface area contributed by atoms with Crippen LogP contribution in [0.15, 0.2) is 46.9 Å². The summed E-state index contributed by atoms with van der Waals surface area (Å²) in [5, 5.41) is 9.13. The summed E-state index contributed by atoms with van der Waals surface area (Å²) < 4.78 is 27.4. The summed E-state index contributed by atoms with van der Waals surface area (Å²) in [5.74, 6) is -3.18. The van der Waals surface area contributed by atoms with Crippen LogP contribution in [0.3, 0.4) is 0 Å². The number of rotatable bonds is 3. The van der Waals surface area contributed by atoms with E-state index in [1.165, 1.54) is 36.4 Å². The van der Waals surface area contributed by atoms with Gasteiger partial charge in [-0.2, -0.15) is 5.26 Å². The van der Waals surface area contributed by atoms with Crippen molar-refractivity contribution in [1.29, 1.82) is 5.26 Å². The molecule has 2 aromatic carbocycles. The van der Waals surface area contributed by atoms with Gasteiger partial charge >= 0.3 is 0 Å². The monoisotopic (exact) mass is 335 g/mol. The van der Waals surface area contributed by atoms with Gasteiger partial charge in [-0.05, 0) is 24.3 Å². The van der Waals surface area contributed by atoms with Crippen LogP contribution < -0.4 is 0 Å². The average molecular weight is 336 g/mol. The molecule has 0 saturated heterocycles. The van der Waals surface area contributed by atoms with Crippen molar-refractivity contribution in [3.63, 3.8) is 0 Å². The van der Waals surface area contributed by atoms with E-state index in [9.17, 15) is 13.6 Å². The summed E-state index contributed by atoms with van der Waals surface area (Å²) in [4.78, 5) is 12.3. The Labute approximate surface area is 122 Å². The fourth-order valence-electron chi connectivity index (χ4n) is 1.84. The van der Waals surface area contributed by atoms with E-state index < -0.39 is 23.3 Å². The second-order valence-electron chi connectivity index (χ2n) is 4.11. The Balaban J connectivity index is 2.45. The molecule has 0 aromatic heterocycles. The number of hydrogen-bond donors (Lipinski definition) is 0. The number of nitriles is 1. The first-order valence-electron chi connectivity index (χ1n) is 5.67. The van der Waals surface area contributed by atoms with Gasteiger partial charge in [0.2, 0.25) is 0 Å². The normalized spacial score (nSPS) is 11.7. The Bertz CT molecular complexity index is 689. The molecule has 0 spiro atoms. The topological polar surface area (TPSA) is 40.9 Å². The summed E-state index contributed by atoms with van der Waals surface area (Å²) >= 11 is 3.07. The lowest BCUT2D eigenvalue weighted by Gasteiger charge is -2.10. The number of benzene rings is 2. The minimum atomic E-state index is -1.30. The van der Waals surface area contributed by atoms with E-state index >= 15 is 0 Å². The molecule has 20 heavy (non-hydrogen) atoms. The molecule has 0 aliphatic heterocycles. The Hall–Kier alpha value is -2.06. The van der Waals surface area contributed by atoms with Gasteiger partial charge in [-0.1, -0.05) is 34.1 Å². The highest BCUT2D eigenvalue weighted by molar-refractivity contribution is 9.10. The molecule has 0 radical (unpaired) electrons. The maximum absolute atomic E-state index is 13.7. The molecule has 0 heterocycles. The SMILES string of the molecule is N#CC(C(=O)c1cc(F)cc(Br)c1)c1ccccc1F. The van der Waals surface area contributed by atoms with Gasteiger partial charge in [0.15, 0.2) is 5.78 Å². The third kappa shape index (κ3) is 2.91. The number of nitrogens with zero attached hydrogens (tertiary/aromatic N) is 1. The standard InChI is InChI=1S/C15H8BrF2NO/c16-10-5-9(6-11(17)7-10)15(20)13(8-19)12-3-1-2-4-14(12)18/h1-7,13H.